The fraction of sp³-hybridized carbons (Fsp3) is 0.429. The highest BCUT2D eigenvalue weighted by Gasteiger charge is 2.27. The summed E-state index contributed by atoms with van der Waals surface area (Å²) in [7, 11) is -0.664. The molecule has 0 fully saturated rings. The molecule has 0 saturated carbocycles. The van der Waals surface area contributed by atoms with Crippen molar-refractivity contribution in [3.63, 3.8) is 0 Å². The Balaban J connectivity index is 2.62. The molecule has 0 radical (unpaired) electrons. The lowest BCUT2D eigenvalue weighted by Gasteiger charge is -2.32. The van der Waals surface area contributed by atoms with E-state index in [0.717, 1.165) is 4.90 Å². The van der Waals surface area contributed by atoms with E-state index in [1.54, 1.807) is 17.8 Å². The molecule has 2 aromatic carbocycles. The molecule has 0 aromatic heterocycles. The van der Waals surface area contributed by atoms with Gasteiger partial charge >= 0.3 is 0 Å². The van der Waals surface area contributed by atoms with Gasteiger partial charge in [0.1, 0.15) is 5.75 Å². The predicted octanol–water partition coefficient (Wildman–Crippen LogP) is 3.83. The Labute approximate surface area is 153 Å². The van der Waals surface area contributed by atoms with Gasteiger partial charge in [0.25, 0.3) is 0 Å². The van der Waals surface area contributed by atoms with Crippen molar-refractivity contribution in [1.82, 2.24) is 0 Å². The van der Waals surface area contributed by atoms with Crippen molar-refractivity contribution in [3.8, 4) is 5.75 Å². The first-order valence-electron chi connectivity index (χ1n) is 8.53. The maximum Gasteiger partial charge on any atom is 0.128 e. The fourth-order valence-electron chi connectivity index (χ4n) is 3.41. The quantitative estimate of drug-likeness (QED) is 0.665. The Morgan fingerprint density at radius 1 is 0.833 bits per heavy atom. The highest BCUT2D eigenvalue weighted by Crippen LogP contribution is 2.32. The van der Waals surface area contributed by atoms with Crippen molar-refractivity contribution < 1.29 is 5.11 Å². The lowest BCUT2D eigenvalue weighted by atomic mass is 9.75. The summed E-state index contributed by atoms with van der Waals surface area (Å²) in [5.74, 6) is 0.414. The summed E-state index contributed by atoms with van der Waals surface area (Å²) < 4.78 is 0. The molecule has 0 unspecified atom stereocenters. The van der Waals surface area contributed by atoms with Gasteiger partial charge < -0.3 is 5.11 Å². The number of aromatic hydroxyl groups is 1. The van der Waals surface area contributed by atoms with Crippen LogP contribution in [0, 0.1) is 0 Å². The van der Waals surface area contributed by atoms with E-state index in [9.17, 15) is 5.11 Å². The van der Waals surface area contributed by atoms with Gasteiger partial charge in [0, 0.05) is 4.90 Å². The molecule has 0 aliphatic heterocycles. The molecule has 0 spiro atoms. The van der Waals surface area contributed by atoms with Gasteiger partial charge in [-0.1, -0.05) is 77.1 Å². The summed E-state index contributed by atoms with van der Waals surface area (Å²) in [6.07, 6.45) is 2.04. The molecule has 0 aliphatic carbocycles. The van der Waals surface area contributed by atoms with Crippen LogP contribution in [0.4, 0.5) is 0 Å². The van der Waals surface area contributed by atoms with E-state index < -0.39 is 9.52 Å². The highest BCUT2D eigenvalue weighted by molar-refractivity contribution is 7.99. The van der Waals surface area contributed by atoms with E-state index >= 15 is 0 Å². The zero-order chi connectivity index (χ0) is 18.1. The molecule has 130 valence electrons. The number of hydrogen-bond acceptors (Lipinski definition) is 2. The highest BCUT2D eigenvalue weighted by atomic mass is 32.2. The average Bonchev–Trinajstić information content (AvgIpc) is 2.45. The number of thioether (sulfide) groups is 1. The zero-order valence-electron chi connectivity index (χ0n) is 16.0. The minimum absolute atomic E-state index is 0.114. The van der Waals surface area contributed by atoms with Crippen LogP contribution in [0.15, 0.2) is 41.3 Å². The first-order valence-corrected chi connectivity index (χ1v) is 11.2. The van der Waals surface area contributed by atoms with Crippen molar-refractivity contribution in [1.29, 1.82) is 0 Å². The summed E-state index contributed by atoms with van der Waals surface area (Å²) in [5.41, 5.74) is 3.20. The van der Waals surface area contributed by atoms with E-state index in [1.165, 1.54) is 21.5 Å². The summed E-state index contributed by atoms with van der Waals surface area (Å²) in [6.45, 7) is 13.8. The Morgan fingerprint density at radius 2 is 1.42 bits per heavy atom. The molecule has 2 aromatic rings. The van der Waals surface area contributed by atoms with Gasteiger partial charge in [-0.2, -0.15) is 0 Å². The molecule has 1 nitrogen and oxygen atoms in total. The van der Waals surface area contributed by atoms with Gasteiger partial charge in [-0.25, -0.2) is 0 Å². The van der Waals surface area contributed by atoms with Crippen molar-refractivity contribution >= 4 is 31.7 Å². The second-order valence-corrected chi connectivity index (χ2v) is 11.2. The van der Waals surface area contributed by atoms with Crippen LogP contribution in [0.2, 0.25) is 0 Å². The zero-order valence-corrected chi connectivity index (χ0v) is 18.3. The second-order valence-electron chi connectivity index (χ2n) is 8.49. The van der Waals surface area contributed by atoms with Crippen molar-refractivity contribution in [3.05, 3.63) is 47.5 Å². The lowest BCUT2D eigenvalue weighted by Crippen LogP contribution is -2.37. The third-order valence-electron chi connectivity index (χ3n) is 4.37. The third kappa shape index (κ3) is 4.07. The molecule has 0 heterocycles. The molecule has 0 amide bonds. The van der Waals surface area contributed by atoms with Crippen LogP contribution in [0.3, 0.4) is 0 Å². The van der Waals surface area contributed by atoms with E-state index in [-0.39, 0.29) is 10.8 Å². The smallest absolute Gasteiger partial charge is 0.128 e. The van der Waals surface area contributed by atoms with Crippen molar-refractivity contribution in [2.24, 2.45) is 0 Å². The largest absolute Gasteiger partial charge is 0.507 e. The number of benzene rings is 2. The van der Waals surface area contributed by atoms with Crippen LogP contribution in [-0.2, 0) is 10.8 Å². The third-order valence-corrected chi connectivity index (χ3v) is 7.45. The van der Waals surface area contributed by atoms with Gasteiger partial charge in [0.05, 0.1) is 9.52 Å². The molecule has 0 saturated heterocycles. The topological polar surface area (TPSA) is 20.2 Å². The minimum Gasteiger partial charge on any atom is -0.507 e. The average molecular weight is 359 g/mol. The van der Waals surface area contributed by atoms with Crippen LogP contribution in [-0.4, -0.2) is 20.9 Å². The SMILES string of the molecule is CSc1c(O)cccc1[SiH2]c1cccc(C(C)(C)C)c1C(C)(C)C. The molecule has 3 heteroatoms. The van der Waals surface area contributed by atoms with Gasteiger partial charge in [-0.05, 0) is 39.5 Å². The van der Waals surface area contributed by atoms with Crippen LogP contribution in [0.1, 0.15) is 52.7 Å². The van der Waals surface area contributed by atoms with Gasteiger partial charge in [-0.15, -0.1) is 11.8 Å². The van der Waals surface area contributed by atoms with Gasteiger partial charge in [-0.3, -0.25) is 0 Å². The van der Waals surface area contributed by atoms with Crippen LogP contribution >= 0.6 is 11.8 Å². The molecule has 0 aliphatic rings. The van der Waals surface area contributed by atoms with E-state index in [2.05, 4.69) is 65.8 Å². The summed E-state index contributed by atoms with van der Waals surface area (Å²) >= 11 is 1.65. The first kappa shape index (κ1) is 19.1. The summed E-state index contributed by atoms with van der Waals surface area (Å²) in [5, 5.41) is 13.0. The van der Waals surface area contributed by atoms with Crippen molar-refractivity contribution in [2.75, 3.05) is 6.26 Å². The number of rotatable bonds is 3. The van der Waals surface area contributed by atoms with E-state index in [4.69, 9.17) is 0 Å². The predicted molar refractivity (Wildman–Crippen MR) is 112 cm³/mol. The standard InChI is InChI=1S/C21H30OSSi/c1-20(2,3)14-10-8-12-16(18(14)21(4,5)6)24-17-13-9-11-15(22)19(17)23-7/h8-13,22H,24H2,1-7H3. The minimum atomic E-state index is -0.664. The number of hydrogen-bond donors (Lipinski definition) is 1. The molecule has 0 bridgehead atoms. The molecular formula is C21H30OSSi. The molecule has 0 atom stereocenters. The van der Waals surface area contributed by atoms with Crippen molar-refractivity contribution in [2.45, 2.75) is 57.3 Å². The van der Waals surface area contributed by atoms with E-state index in [1.807, 2.05) is 12.3 Å². The monoisotopic (exact) mass is 358 g/mol. The van der Waals surface area contributed by atoms with E-state index in [0.29, 0.717) is 5.75 Å². The maximum atomic E-state index is 10.2. The molecule has 2 rings (SSSR count). The molecule has 1 N–H and O–H groups in total. The Kier molecular flexibility index (Phi) is 5.56. The molecular weight excluding hydrogens is 328 g/mol. The van der Waals surface area contributed by atoms with Crippen LogP contribution < -0.4 is 10.4 Å². The summed E-state index contributed by atoms with van der Waals surface area (Å²) in [4.78, 5) is 1.05. The number of phenolic OH excluding ortho intramolecular Hbond substituents is 1. The van der Waals surface area contributed by atoms with Crippen LogP contribution in [0.25, 0.3) is 0 Å². The Bertz CT molecular complexity index is 724. The maximum absolute atomic E-state index is 10.2. The lowest BCUT2D eigenvalue weighted by molar-refractivity contribution is 0.463. The van der Waals surface area contributed by atoms with Crippen LogP contribution in [0.5, 0.6) is 5.75 Å². The second kappa shape index (κ2) is 6.97. The Morgan fingerprint density at radius 3 is 1.96 bits per heavy atom. The summed E-state index contributed by atoms with van der Waals surface area (Å²) in [6, 6.07) is 12.8. The normalized spacial score (nSPS) is 13.0. The Hall–Kier alpha value is -1.19. The number of phenols is 1. The van der Waals surface area contributed by atoms with Gasteiger partial charge in [0.15, 0.2) is 0 Å². The molecule has 24 heavy (non-hydrogen) atoms. The fourth-order valence-corrected chi connectivity index (χ4v) is 6.82. The first-order chi connectivity index (χ1) is 11.1. The van der Waals surface area contributed by atoms with Gasteiger partial charge in [0.2, 0.25) is 0 Å².